The summed E-state index contributed by atoms with van der Waals surface area (Å²) in [7, 11) is 0. The molecule has 1 fully saturated rings. The summed E-state index contributed by atoms with van der Waals surface area (Å²) in [4.78, 5) is 0. The predicted octanol–water partition coefficient (Wildman–Crippen LogP) is 2.73. The topological polar surface area (TPSA) is 24.1 Å². The molecule has 0 bridgehead atoms. The fourth-order valence-electron chi connectivity index (χ4n) is 2.56. The molecule has 1 aromatic carbocycles. The van der Waals surface area contributed by atoms with E-state index in [-0.39, 0.29) is 5.41 Å². The average molecular weight is 284 g/mol. The zero-order valence-corrected chi connectivity index (χ0v) is 11.9. The van der Waals surface area contributed by atoms with Crippen LogP contribution in [0.15, 0.2) is 18.2 Å². The molecule has 0 aromatic heterocycles. The second kappa shape index (κ2) is 5.41. The molecule has 104 valence electrons. The molecule has 0 aliphatic heterocycles. The predicted molar refractivity (Wildman–Crippen MR) is 76.1 cm³/mol. The van der Waals surface area contributed by atoms with E-state index >= 15 is 0 Å². The van der Waals surface area contributed by atoms with Gasteiger partial charge in [-0.1, -0.05) is 13.0 Å². The van der Waals surface area contributed by atoms with Crippen LogP contribution < -0.4 is 10.6 Å². The Labute approximate surface area is 117 Å². The maximum Gasteiger partial charge on any atom is 0.166 e. The van der Waals surface area contributed by atoms with Crippen LogP contribution in [-0.2, 0) is 5.41 Å². The van der Waals surface area contributed by atoms with E-state index in [1.807, 2.05) is 6.92 Å². The maximum atomic E-state index is 13.9. The van der Waals surface area contributed by atoms with Gasteiger partial charge in [-0.05, 0) is 43.1 Å². The van der Waals surface area contributed by atoms with Gasteiger partial charge in [0.25, 0.3) is 0 Å². The standard InChI is InChI=1S/C14H18F2N2S/c1-3-17-13(19)18-8-14(7-9(14)2)11-5-4-10(15)6-12(11)16/h4-6,9H,3,7-8H2,1-2H3,(H2,17,18,19). The number of hydrogen-bond acceptors (Lipinski definition) is 1. The van der Waals surface area contributed by atoms with Crippen LogP contribution in [0.2, 0.25) is 0 Å². The Hall–Kier alpha value is -1.23. The molecule has 1 aliphatic carbocycles. The van der Waals surface area contributed by atoms with Gasteiger partial charge >= 0.3 is 0 Å². The molecule has 0 saturated heterocycles. The summed E-state index contributed by atoms with van der Waals surface area (Å²) >= 11 is 5.12. The molecule has 2 nitrogen and oxygen atoms in total. The highest BCUT2D eigenvalue weighted by molar-refractivity contribution is 7.80. The lowest BCUT2D eigenvalue weighted by Crippen LogP contribution is -2.40. The van der Waals surface area contributed by atoms with E-state index in [2.05, 4.69) is 17.6 Å². The Morgan fingerprint density at radius 3 is 2.63 bits per heavy atom. The number of halogens is 2. The number of thiocarbonyl (C=S) groups is 1. The molecular weight excluding hydrogens is 266 g/mol. The molecule has 2 unspecified atom stereocenters. The van der Waals surface area contributed by atoms with Crippen LogP contribution in [0.25, 0.3) is 0 Å². The summed E-state index contributed by atoms with van der Waals surface area (Å²) in [6.07, 6.45) is 0.886. The molecule has 1 aliphatic rings. The Morgan fingerprint density at radius 2 is 2.11 bits per heavy atom. The third kappa shape index (κ3) is 2.86. The van der Waals surface area contributed by atoms with E-state index in [1.54, 1.807) is 6.07 Å². The smallest absolute Gasteiger partial charge is 0.166 e. The summed E-state index contributed by atoms with van der Waals surface area (Å²) in [5, 5.41) is 6.69. The molecular formula is C14H18F2N2S. The Kier molecular flexibility index (Phi) is 4.04. The molecule has 2 rings (SSSR count). The lowest BCUT2D eigenvalue weighted by Gasteiger charge is -2.20. The van der Waals surface area contributed by atoms with Gasteiger partial charge in [0.2, 0.25) is 0 Å². The molecule has 0 spiro atoms. The highest BCUT2D eigenvalue weighted by Gasteiger charge is 2.53. The highest BCUT2D eigenvalue weighted by Crippen LogP contribution is 2.54. The zero-order chi connectivity index (χ0) is 14.0. The largest absolute Gasteiger partial charge is 0.363 e. The van der Waals surface area contributed by atoms with Crippen molar-refractivity contribution in [2.75, 3.05) is 13.1 Å². The molecule has 0 heterocycles. The molecule has 5 heteroatoms. The lowest BCUT2D eigenvalue weighted by molar-refractivity contribution is 0.525. The summed E-state index contributed by atoms with van der Waals surface area (Å²) < 4.78 is 26.9. The van der Waals surface area contributed by atoms with Crippen molar-refractivity contribution in [3.63, 3.8) is 0 Å². The second-order valence-electron chi connectivity index (χ2n) is 5.10. The quantitative estimate of drug-likeness (QED) is 0.831. The minimum absolute atomic E-state index is 0.267. The first kappa shape index (κ1) is 14.2. The number of nitrogens with one attached hydrogen (secondary N) is 2. The average Bonchev–Trinajstić information content (AvgIpc) is 2.99. The Morgan fingerprint density at radius 1 is 1.42 bits per heavy atom. The van der Waals surface area contributed by atoms with Crippen molar-refractivity contribution >= 4 is 17.3 Å². The van der Waals surface area contributed by atoms with Gasteiger partial charge in [-0.25, -0.2) is 8.78 Å². The summed E-state index contributed by atoms with van der Waals surface area (Å²) in [5.74, 6) is -0.647. The van der Waals surface area contributed by atoms with Gasteiger partial charge in [0.05, 0.1) is 0 Å². The van der Waals surface area contributed by atoms with Crippen molar-refractivity contribution in [3.05, 3.63) is 35.4 Å². The van der Waals surface area contributed by atoms with Crippen molar-refractivity contribution in [1.29, 1.82) is 0 Å². The fraction of sp³-hybridized carbons (Fsp3) is 0.500. The van der Waals surface area contributed by atoms with E-state index in [1.165, 1.54) is 6.07 Å². The first-order chi connectivity index (χ1) is 8.99. The second-order valence-corrected chi connectivity index (χ2v) is 5.51. The Balaban J connectivity index is 2.13. The van der Waals surface area contributed by atoms with Gasteiger partial charge in [-0.15, -0.1) is 0 Å². The van der Waals surface area contributed by atoms with E-state index < -0.39 is 11.6 Å². The number of hydrogen-bond donors (Lipinski definition) is 2. The molecule has 1 saturated carbocycles. The minimum Gasteiger partial charge on any atom is -0.363 e. The molecule has 1 aromatic rings. The van der Waals surface area contributed by atoms with E-state index in [4.69, 9.17) is 12.2 Å². The van der Waals surface area contributed by atoms with E-state index in [0.29, 0.717) is 23.1 Å². The molecule has 19 heavy (non-hydrogen) atoms. The van der Waals surface area contributed by atoms with E-state index in [0.717, 1.165) is 19.0 Å². The Bertz CT molecular complexity index is 492. The van der Waals surface area contributed by atoms with Gasteiger partial charge in [-0.3, -0.25) is 0 Å². The summed E-state index contributed by atoms with van der Waals surface area (Å²) in [6.45, 7) is 5.35. The van der Waals surface area contributed by atoms with Crippen LogP contribution in [0.3, 0.4) is 0 Å². The minimum atomic E-state index is -0.541. The molecule has 2 atom stereocenters. The van der Waals surface area contributed by atoms with Crippen LogP contribution in [0, 0.1) is 17.6 Å². The van der Waals surface area contributed by atoms with Crippen molar-refractivity contribution in [3.8, 4) is 0 Å². The summed E-state index contributed by atoms with van der Waals surface area (Å²) in [6, 6.07) is 3.81. The van der Waals surface area contributed by atoms with Gasteiger partial charge in [0.15, 0.2) is 5.11 Å². The van der Waals surface area contributed by atoms with Crippen molar-refractivity contribution in [2.45, 2.75) is 25.7 Å². The van der Waals surface area contributed by atoms with Gasteiger partial charge in [0, 0.05) is 24.6 Å². The van der Waals surface area contributed by atoms with Crippen LogP contribution in [-0.4, -0.2) is 18.2 Å². The van der Waals surface area contributed by atoms with Gasteiger partial charge < -0.3 is 10.6 Å². The summed E-state index contributed by atoms with van der Waals surface area (Å²) in [5.41, 5.74) is 0.310. The maximum absolute atomic E-state index is 13.9. The lowest BCUT2D eigenvalue weighted by atomic mass is 9.93. The van der Waals surface area contributed by atoms with Gasteiger partial charge in [0.1, 0.15) is 11.6 Å². The van der Waals surface area contributed by atoms with Crippen molar-refractivity contribution < 1.29 is 8.78 Å². The first-order valence-corrected chi connectivity index (χ1v) is 6.87. The zero-order valence-electron chi connectivity index (χ0n) is 11.1. The SMILES string of the molecule is CCNC(=S)NCC1(c2ccc(F)cc2F)CC1C. The molecule has 2 N–H and O–H groups in total. The van der Waals surface area contributed by atoms with Crippen molar-refractivity contribution in [1.82, 2.24) is 10.6 Å². The van der Waals surface area contributed by atoms with Crippen LogP contribution in [0.5, 0.6) is 0 Å². The van der Waals surface area contributed by atoms with Crippen LogP contribution >= 0.6 is 12.2 Å². The third-order valence-electron chi connectivity index (χ3n) is 3.82. The third-order valence-corrected chi connectivity index (χ3v) is 4.11. The number of rotatable bonds is 4. The normalized spacial score (nSPS) is 24.9. The molecule has 0 amide bonds. The van der Waals surface area contributed by atoms with Crippen LogP contribution in [0.1, 0.15) is 25.8 Å². The molecule has 0 radical (unpaired) electrons. The van der Waals surface area contributed by atoms with E-state index in [9.17, 15) is 8.78 Å². The number of benzene rings is 1. The first-order valence-electron chi connectivity index (χ1n) is 6.47. The monoisotopic (exact) mass is 284 g/mol. The van der Waals surface area contributed by atoms with Crippen LogP contribution in [0.4, 0.5) is 8.78 Å². The van der Waals surface area contributed by atoms with Gasteiger partial charge in [-0.2, -0.15) is 0 Å². The fourth-order valence-corrected chi connectivity index (χ4v) is 2.78. The van der Waals surface area contributed by atoms with Crippen molar-refractivity contribution in [2.24, 2.45) is 5.92 Å². The highest BCUT2D eigenvalue weighted by atomic mass is 32.1.